The number of carbonyl (C=O) groups excluding carboxylic acids is 1. The van der Waals surface area contributed by atoms with Gasteiger partial charge in [-0.1, -0.05) is 11.3 Å². The summed E-state index contributed by atoms with van der Waals surface area (Å²) in [6.45, 7) is 2.65. The molecule has 0 N–H and O–H groups in total. The molecule has 0 bridgehead atoms. The summed E-state index contributed by atoms with van der Waals surface area (Å²) >= 11 is 0.911. The number of benzene rings is 1. The number of halogens is 2. The molecule has 0 unspecified atom stereocenters. The molecule has 27 heavy (non-hydrogen) atoms. The second-order valence-electron chi connectivity index (χ2n) is 5.28. The Morgan fingerprint density at radius 1 is 1.41 bits per heavy atom. The third kappa shape index (κ3) is 3.93. The van der Waals surface area contributed by atoms with Gasteiger partial charge < -0.3 is 13.7 Å². The monoisotopic (exact) mass is 397 g/mol. The average molecular weight is 397 g/mol. The van der Waals surface area contributed by atoms with Crippen LogP contribution in [0, 0.1) is 21.7 Å². The van der Waals surface area contributed by atoms with Gasteiger partial charge in [-0.25, -0.2) is 8.78 Å². The molecule has 1 aromatic carbocycles. The van der Waals surface area contributed by atoms with Crippen molar-refractivity contribution in [3.05, 3.63) is 56.6 Å². The molecule has 0 radical (unpaired) electrons. The van der Waals surface area contributed by atoms with Crippen LogP contribution in [-0.2, 0) is 11.3 Å². The number of hydrogen-bond donors (Lipinski definition) is 0. The fraction of sp³-hybridized carbons (Fsp3) is 0.250. The molecule has 0 aliphatic heterocycles. The Kier molecular flexibility index (Phi) is 5.42. The van der Waals surface area contributed by atoms with Crippen LogP contribution in [0.3, 0.4) is 0 Å². The minimum atomic E-state index is -0.874. The number of rotatable bonds is 6. The van der Waals surface area contributed by atoms with Crippen molar-refractivity contribution >= 4 is 33.3 Å². The van der Waals surface area contributed by atoms with Crippen molar-refractivity contribution in [2.75, 3.05) is 13.2 Å². The van der Waals surface area contributed by atoms with Gasteiger partial charge in [0.1, 0.15) is 10.7 Å². The summed E-state index contributed by atoms with van der Waals surface area (Å²) in [4.78, 5) is 26.1. The first-order valence-electron chi connectivity index (χ1n) is 7.80. The molecule has 0 spiro atoms. The van der Waals surface area contributed by atoms with Gasteiger partial charge in [0, 0.05) is 19.2 Å². The summed E-state index contributed by atoms with van der Waals surface area (Å²) in [5.41, 5.74) is 0.0954. The highest BCUT2D eigenvalue weighted by molar-refractivity contribution is 7.16. The van der Waals surface area contributed by atoms with E-state index in [2.05, 4.69) is 4.99 Å². The van der Waals surface area contributed by atoms with Crippen LogP contribution in [-0.4, -0.2) is 28.6 Å². The Morgan fingerprint density at radius 3 is 2.85 bits per heavy atom. The van der Waals surface area contributed by atoms with E-state index in [-0.39, 0.29) is 33.9 Å². The summed E-state index contributed by atoms with van der Waals surface area (Å²) < 4.78 is 39.5. The molecule has 0 atom stereocenters. The first kappa shape index (κ1) is 18.9. The number of fused-ring (bicyclic) bond motifs is 1. The molecular formula is C16H13F2N3O5S. The molecule has 3 aromatic rings. The van der Waals surface area contributed by atoms with Gasteiger partial charge in [0.2, 0.25) is 5.76 Å². The van der Waals surface area contributed by atoms with Gasteiger partial charge in [-0.3, -0.25) is 14.9 Å². The SMILES string of the molecule is CCOCCn1c(=NC(=O)c2ccc([N+](=O)[O-])o2)sc2cc(F)cc(F)c21. The zero-order valence-corrected chi connectivity index (χ0v) is 14.8. The van der Waals surface area contributed by atoms with Crippen LogP contribution >= 0.6 is 11.3 Å². The number of thiazole rings is 1. The van der Waals surface area contributed by atoms with E-state index in [0.717, 1.165) is 35.6 Å². The fourth-order valence-corrected chi connectivity index (χ4v) is 3.50. The van der Waals surface area contributed by atoms with Gasteiger partial charge in [-0.05, 0) is 19.1 Å². The zero-order valence-electron chi connectivity index (χ0n) is 14.0. The van der Waals surface area contributed by atoms with Crippen molar-refractivity contribution < 1.29 is 27.7 Å². The van der Waals surface area contributed by atoms with Gasteiger partial charge in [0.05, 0.1) is 22.9 Å². The molecule has 0 saturated heterocycles. The summed E-state index contributed by atoms with van der Waals surface area (Å²) in [5.74, 6) is -3.34. The molecule has 1 amide bonds. The number of nitro groups is 1. The maximum Gasteiger partial charge on any atom is 0.433 e. The highest BCUT2D eigenvalue weighted by Gasteiger charge is 2.18. The highest BCUT2D eigenvalue weighted by Crippen LogP contribution is 2.23. The Morgan fingerprint density at radius 2 is 2.19 bits per heavy atom. The smallest absolute Gasteiger partial charge is 0.395 e. The number of nitrogens with zero attached hydrogens (tertiary/aromatic N) is 3. The Balaban J connectivity index is 2.09. The number of carbonyl (C=O) groups is 1. The second-order valence-corrected chi connectivity index (χ2v) is 6.29. The van der Waals surface area contributed by atoms with E-state index in [1.165, 1.54) is 4.57 Å². The molecule has 0 saturated carbocycles. The Hall–Kier alpha value is -2.92. The minimum absolute atomic E-state index is 0.0954. The summed E-state index contributed by atoms with van der Waals surface area (Å²) in [5, 5.41) is 10.7. The molecule has 8 nitrogen and oxygen atoms in total. The van der Waals surface area contributed by atoms with Crippen molar-refractivity contribution in [3.63, 3.8) is 0 Å². The van der Waals surface area contributed by atoms with E-state index in [1.807, 2.05) is 0 Å². The third-order valence-electron chi connectivity index (χ3n) is 3.54. The fourth-order valence-electron chi connectivity index (χ4n) is 2.40. The Bertz CT molecular complexity index is 1090. The molecule has 142 valence electrons. The van der Waals surface area contributed by atoms with Crippen molar-refractivity contribution in [1.82, 2.24) is 4.57 Å². The van der Waals surface area contributed by atoms with Gasteiger partial charge in [-0.15, -0.1) is 0 Å². The maximum atomic E-state index is 14.3. The quantitative estimate of drug-likeness (QED) is 0.361. The van der Waals surface area contributed by atoms with Gasteiger partial charge >= 0.3 is 11.8 Å². The number of hydrogen-bond acceptors (Lipinski definition) is 6. The lowest BCUT2D eigenvalue weighted by atomic mass is 10.3. The lowest BCUT2D eigenvalue weighted by Crippen LogP contribution is -2.20. The predicted molar refractivity (Wildman–Crippen MR) is 91.5 cm³/mol. The van der Waals surface area contributed by atoms with Gasteiger partial charge in [0.25, 0.3) is 0 Å². The molecule has 0 fully saturated rings. The van der Waals surface area contributed by atoms with Crippen LogP contribution < -0.4 is 4.80 Å². The maximum absolute atomic E-state index is 14.3. The third-order valence-corrected chi connectivity index (χ3v) is 4.56. The van der Waals surface area contributed by atoms with Crippen LogP contribution in [0.5, 0.6) is 0 Å². The minimum Gasteiger partial charge on any atom is -0.395 e. The number of amides is 1. The average Bonchev–Trinajstić information content (AvgIpc) is 3.21. The number of aromatic nitrogens is 1. The van der Waals surface area contributed by atoms with Crippen LogP contribution in [0.1, 0.15) is 17.5 Å². The molecule has 2 heterocycles. The van der Waals surface area contributed by atoms with Crippen molar-refractivity contribution in [2.45, 2.75) is 13.5 Å². The molecular weight excluding hydrogens is 384 g/mol. The zero-order chi connectivity index (χ0) is 19.6. The van der Waals surface area contributed by atoms with Gasteiger partial charge in [0.15, 0.2) is 10.6 Å². The first-order valence-corrected chi connectivity index (χ1v) is 8.61. The van der Waals surface area contributed by atoms with Crippen LogP contribution in [0.2, 0.25) is 0 Å². The molecule has 11 heteroatoms. The topological polar surface area (TPSA) is 99.9 Å². The largest absolute Gasteiger partial charge is 0.433 e. The van der Waals surface area contributed by atoms with Crippen molar-refractivity contribution in [2.24, 2.45) is 4.99 Å². The molecule has 3 rings (SSSR count). The van der Waals surface area contributed by atoms with Gasteiger partial charge in [-0.2, -0.15) is 4.99 Å². The normalized spacial score (nSPS) is 12.0. The molecule has 0 aliphatic carbocycles. The van der Waals surface area contributed by atoms with Crippen LogP contribution in [0.4, 0.5) is 14.7 Å². The van der Waals surface area contributed by atoms with Crippen LogP contribution in [0.25, 0.3) is 10.2 Å². The number of furan rings is 1. The van der Waals surface area contributed by atoms with E-state index in [9.17, 15) is 23.7 Å². The molecule has 2 aromatic heterocycles. The van der Waals surface area contributed by atoms with Crippen molar-refractivity contribution in [3.8, 4) is 0 Å². The first-order chi connectivity index (χ1) is 12.9. The summed E-state index contributed by atoms with van der Waals surface area (Å²) in [6, 6.07) is 4.04. The van der Waals surface area contributed by atoms with E-state index in [0.29, 0.717) is 6.61 Å². The predicted octanol–water partition coefficient (Wildman–Crippen LogP) is 3.26. The van der Waals surface area contributed by atoms with Crippen LogP contribution in [0.15, 0.2) is 33.7 Å². The van der Waals surface area contributed by atoms with E-state index in [4.69, 9.17) is 9.15 Å². The van der Waals surface area contributed by atoms with E-state index < -0.39 is 28.3 Å². The van der Waals surface area contributed by atoms with E-state index >= 15 is 0 Å². The van der Waals surface area contributed by atoms with E-state index in [1.54, 1.807) is 6.92 Å². The lowest BCUT2D eigenvalue weighted by Gasteiger charge is -2.06. The molecule has 0 aliphatic rings. The highest BCUT2D eigenvalue weighted by atomic mass is 32.1. The Labute approximate surface area is 154 Å². The second kappa shape index (κ2) is 7.76. The number of ether oxygens (including phenoxy) is 1. The standard InChI is InChI=1S/C16H13F2N3O5S/c1-2-25-6-5-20-14-10(18)7-9(17)8-12(14)27-16(20)19-15(22)11-3-4-13(26-11)21(23)24/h3-4,7-8H,2,5-6H2,1H3. The summed E-state index contributed by atoms with van der Waals surface area (Å²) in [6.07, 6.45) is 0. The van der Waals surface area contributed by atoms with Crippen molar-refractivity contribution in [1.29, 1.82) is 0 Å². The summed E-state index contributed by atoms with van der Waals surface area (Å²) in [7, 11) is 0. The lowest BCUT2D eigenvalue weighted by molar-refractivity contribution is -0.402.